The van der Waals surface area contributed by atoms with Crippen molar-refractivity contribution in [3.8, 4) is 5.75 Å². The van der Waals surface area contributed by atoms with E-state index in [1.165, 1.54) is 25.0 Å². The van der Waals surface area contributed by atoms with E-state index in [0.29, 0.717) is 11.8 Å². The van der Waals surface area contributed by atoms with E-state index in [1.54, 1.807) is 0 Å². The Morgan fingerprint density at radius 2 is 2.14 bits per heavy atom. The van der Waals surface area contributed by atoms with Crippen molar-refractivity contribution in [2.45, 2.75) is 39.0 Å². The quantitative estimate of drug-likeness (QED) is 0.882. The van der Waals surface area contributed by atoms with Gasteiger partial charge in [0.2, 0.25) is 5.82 Å². The number of hydrogen-bond acceptors (Lipinski definition) is 3. The van der Waals surface area contributed by atoms with Crippen molar-refractivity contribution >= 4 is 0 Å². The number of nitrogens with one attached hydrogen (secondary N) is 1. The third-order valence-corrected chi connectivity index (χ3v) is 3.52. The summed E-state index contributed by atoms with van der Waals surface area (Å²) in [6.45, 7) is 2.72. The smallest absolute Gasteiger partial charge is 0.200 e. The van der Waals surface area contributed by atoms with E-state index in [0.717, 1.165) is 23.9 Å². The Hall–Kier alpha value is -1.88. The van der Waals surface area contributed by atoms with E-state index in [4.69, 9.17) is 9.15 Å². The van der Waals surface area contributed by atoms with Gasteiger partial charge in [0.15, 0.2) is 11.6 Å². The van der Waals surface area contributed by atoms with Gasteiger partial charge in [-0.25, -0.2) is 4.39 Å². The molecule has 0 unspecified atom stereocenters. The lowest BCUT2D eigenvalue weighted by Crippen LogP contribution is -2.15. The van der Waals surface area contributed by atoms with Crippen LogP contribution >= 0.6 is 0 Å². The Morgan fingerprint density at radius 1 is 1.33 bits per heavy atom. The summed E-state index contributed by atoms with van der Waals surface area (Å²) >= 11 is 0. The second-order valence-electron chi connectivity index (χ2n) is 5.29. The van der Waals surface area contributed by atoms with Crippen LogP contribution < -0.4 is 10.1 Å². The van der Waals surface area contributed by atoms with Gasteiger partial charge in [0.25, 0.3) is 0 Å². The topological polar surface area (TPSA) is 34.4 Å². The Balaban J connectivity index is 1.62. The molecule has 0 amide bonds. The summed E-state index contributed by atoms with van der Waals surface area (Å²) < 4.78 is 37.4. The Kier molecular flexibility index (Phi) is 3.92. The summed E-state index contributed by atoms with van der Waals surface area (Å²) in [5.74, 6) is -0.583. The van der Waals surface area contributed by atoms with Crippen molar-refractivity contribution in [2.75, 3.05) is 0 Å². The number of rotatable bonds is 6. The van der Waals surface area contributed by atoms with E-state index in [2.05, 4.69) is 5.32 Å². The minimum absolute atomic E-state index is 0.0740. The van der Waals surface area contributed by atoms with E-state index in [1.807, 2.05) is 13.0 Å². The fourth-order valence-electron chi connectivity index (χ4n) is 2.12. The molecule has 1 fully saturated rings. The van der Waals surface area contributed by atoms with Crippen molar-refractivity contribution in [1.29, 1.82) is 0 Å². The van der Waals surface area contributed by atoms with Crippen LogP contribution in [0.4, 0.5) is 8.78 Å². The van der Waals surface area contributed by atoms with Crippen molar-refractivity contribution in [3.63, 3.8) is 0 Å². The molecule has 1 N–H and O–H groups in total. The average Bonchev–Trinajstić information content (AvgIpc) is 3.22. The molecule has 0 atom stereocenters. The van der Waals surface area contributed by atoms with Gasteiger partial charge >= 0.3 is 0 Å². The van der Waals surface area contributed by atoms with Gasteiger partial charge in [-0.15, -0.1) is 0 Å². The molecule has 0 saturated heterocycles. The minimum atomic E-state index is -0.976. The highest BCUT2D eigenvalue weighted by Crippen LogP contribution is 2.23. The lowest BCUT2D eigenvalue weighted by Gasteiger charge is -2.05. The van der Waals surface area contributed by atoms with Crippen molar-refractivity contribution in [1.82, 2.24) is 5.32 Å². The van der Waals surface area contributed by atoms with Gasteiger partial charge in [-0.1, -0.05) is 6.07 Å². The Morgan fingerprint density at radius 3 is 2.90 bits per heavy atom. The van der Waals surface area contributed by atoms with E-state index < -0.39 is 11.6 Å². The van der Waals surface area contributed by atoms with Gasteiger partial charge < -0.3 is 14.5 Å². The van der Waals surface area contributed by atoms with Crippen molar-refractivity contribution < 1.29 is 17.9 Å². The highest BCUT2D eigenvalue weighted by Gasteiger charge is 2.21. The first-order valence-corrected chi connectivity index (χ1v) is 7.02. The zero-order chi connectivity index (χ0) is 14.8. The first-order valence-electron chi connectivity index (χ1n) is 7.02. The van der Waals surface area contributed by atoms with Gasteiger partial charge in [0.1, 0.15) is 18.1 Å². The van der Waals surface area contributed by atoms with Gasteiger partial charge in [-0.3, -0.25) is 0 Å². The Bertz CT molecular complexity index is 635. The zero-order valence-electron chi connectivity index (χ0n) is 11.8. The minimum Gasteiger partial charge on any atom is -0.482 e. The molecule has 3 nitrogen and oxygen atoms in total. The molecule has 1 heterocycles. The maximum atomic E-state index is 13.5. The first kappa shape index (κ1) is 14.1. The summed E-state index contributed by atoms with van der Waals surface area (Å²) in [5, 5.41) is 3.41. The number of hydrogen-bond donors (Lipinski definition) is 1. The molecule has 0 radical (unpaired) electrons. The number of furan rings is 1. The third-order valence-electron chi connectivity index (χ3n) is 3.52. The number of aryl methyl sites for hydroxylation is 1. The molecule has 1 aliphatic carbocycles. The maximum absolute atomic E-state index is 13.5. The van der Waals surface area contributed by atoms with E-state index in [-0.39, 0.29) is 12.4 Å². The normalized spacial score (nSPS) is 14.4. The van der Waals surface area contributed by atoms with Crippen LogP contribution in [0.2, 0.25) is 0 Å². The molecular weight excluding hydrogens is 276 g/mol. The monoisotopic (exact) mass is 293 g/mol. The van der Waals surface area contributed by atoms with Gasteiger partial charge in [0.05, 0.1) is 0 Å². The summed E-state index contributed by atoms with van der Waals surface area (Å²) in [7, 11) is 0. The van der Waals surface area contributed by atoms with Crippen LogP contribution in [0.15, 0.2) is 28.7 Å². The first-order chi connectivity index (χ1) is 10.1. The predicted octanol–water partition coefficient (Wildman–Crippen LogP) is 3.70. The van der Waals surface area contributed by atoms with Crippen LogP contribution in [0, 0.1) is 18.6 Å². The summed E-state index contributed by atoms with van der Waals surface area (Å²) in [6.07, 6.45) is 2.46. The molecule has 0 spiro atoms. The number of ether oxygens (including phenoxy) is 1. The number of halogens is 2. The highest BCUT2D eigenvalue weighted by molar-refractivity contribution is 5.26. The molecule has 1 aromatic carbocycles. The molecule has 112 valence electrons. The van der Waals surface area contributed by atoms with Crippen molar-refractivity contribution in [3.05, 3.63) is 53.0 Å². The van der Waals surface area contributed by atoms with Gasteiger partial charge in [0, 0.05) is 18.2 Å². The number of benzene rings is 1. The second kappa shape index (κ2) is 5.85. The largest absolute Gasteiger partial charge is 0.482 e. The van der Waals surface area contributed by atoms with Crippen LogP contribution in [0.25, 0.3) is 0 Å². The zero-order valence-corrected chi connectivity index (χ0v) is 11.8. The molecule has 2 aromatic rings. The predicted molar refractivity (Wildman–Crippen MR) is 74.0 cm³/mol. The molecule has 1 aliphatic rings. The molecule has 1 aromatic heterocycles. The summed E-state index contributed by atoms with van der Waals surface area (Å²) in [4.78, 5) is 0. The highest BCUT2D eigenvalue weighted by atomic mass is 19.2. The standard InChI is InChI=1S/C16H17F2NO2/c1-10-11(8-19-12-5-6-12)7-13(21-10)9-20-15-4-2-3-14(17)16(15)18/h2-4,7,12,19H,5-6,8-9H2,1H3. The van der Waals surface area contributed by atoms with Gasteiger partial charge in [-0.05, 0) is 38.0 Å². The van der Waals surface area contributed by atoms with Crippen LogP contribution in [-0.2, 0) is 13.2 Å². The molecule has 0 bridgehead atoms. The summed E-state index contributed by atoms with van der Waals surface area (Å²) in [5.41, 5.74) is 1.07. The SMILES string of the molecule is Cc1oc(COc2cccc(F)c2F)cc1CNC1CC1. The summed E-state index contributed by atoms with van der Waals surface area (Å²) in [6, 6.07) is 6.37. The van der Waals surface area contributed by atoms with Crippen LogP contribution in [-0.4, -0.2) is 6.04 Å². The molecule has 3 rings (SSSR count). The van der Waals surface area contributed by atoms with E-state index >= 15 is 0 Å². The molecular formula is C16H17F2NO2. The fourth-order valence-corrected chi connectivity index (χ4v) is 2.12. The molecule has 1 saturated carbocycles. The Labute approximate surface area is 121 Å². The lowest BCUT2D eigenvalue weighted by molar-refractivity contribution is 0.252. The van der Waals surface area contributed by atoms with Crippen LogP contribution in [0.5, 0.6) is 5.75 Å². The lowest BCUT2D eigenvalue weighted by atomic mass is 10.2. The van der Waals surface area contributed by atoms with Crippen LogP contribution in [0.1, 0.15) is 29.9 Å². The second-order valence-corrected chi connectivity index (χ2v) is 5.29. The molecule has 21 heavy (non-hydrogen) atoms. The maximum Gasteiger partial charge on any atom is 0.200 e. The molecule has 0 aliphatic heterocycles. The van der Waals surface area contributed by atoms with Gasteiger partial charge in [-0.2, -0.15) is 4.39 Å². The average molecular weight is 293 g/mol. The van der Waals surface area contributed by atoms with Crippen LogP contribution in [0.3, 0.4) is 0 Å². The van der Waals surface area contributed by atoms with E-state index in [9.17, 15) is 8.78 Å². The third kappa shape index (κ3) is 3.42. The van der Waals surface area contributed by atoms with Crippen molar-refractivity contribution in [2.24, 2.45) is 0 Å². The fraction of sp³-hybridized carbons (Fsp3) is 0.375. The molecule has 5 heteroatoms.